The van der Waals surface area contributed by atoms with Gasteiger partial charge in [-0.15, -0.1) is 0 Å². The molecule has 0 bridgehead atoms. The minimum Gasteiger partial charge on any atom is -0.479 e. The molecule has 1 heterocycles. The van der Waals surface area contributed by atoms with Gasteiger partial charge in [0.1, 0.15) is 5.54 Å². The number of likely N-dealkylation sites (tertiary alicyclic amines) is 1. The van der Waals surface area contributed by atoms with Crippen LogP contribution < -0.4 is 0 Å². The van der Waals surface area contributed by atoms with Crippen molar-refractivity contribution in [3.05, 3.63) is 0 Å². The van der Waals surface area contributed by atoms with E-state index >= 15 is 0 Å². The average molecular weight is 239 g/mol. The van der Waals surface area contributed by atoms with Gasteiger partial charge in [-0.3, -0.25) is 4.90 Å². The Labute approximate surface area is 99.7 Å². The average Bonchev–Trinajstić information content (AvgIpc) is 2.90. The van der Waals surface area contributed by atoms with E-state index in [1.54, 1.807) is 0 Å². The molecule has 0 aromatic rings. The van der Waals surface area contributed by atoms with Gasteiger partial charge in [0.2, 0.25) is 0 Å². The third kappa shape index (κ3) is 1.05. The number of rotatable bonds is 1. The van der Waals surface area contributed by atoms with Crippen molar-refractivity contribution in [1.82, 2.24) is 4.90 Å². The van der Waals surface area contributed by atoms with Gasteiger partial charge in [-0.25, -0.2) is 9.59 Å². The third-order valence-electron chi connectivity index (χ3n) is 5.09. The largest absolute Gasteiger partial charge is 0.479 e. The summed E-state index contributed by atoms with van der Waals surface area (Å²) in [6, 6.07) is 0. The first kappa shape index (κ1) is 10.9. The number of carbonyl (C=O) groups excluding carboxylic acids is 1. The minimum absolute atomic E-state index is 0.148. The quantitative estimate of drug-likeness (QED) is 0.752. The maximum Gasteiger partial charge on any atom is 0.410 e. The van der Waals surface area contributed by atoms with E-state index < -0.39 is 17.6 Å². The Morgan fingerprint density at radius 3 is 2.82 bits per heavy atom. The Morgan fingerprint density at radius 1 is 1.41 bits per heavy atom. The molecule has 0 aromatic heterocycles. The summed E-state index contributed by atoms with van der Waals surface area (Å²) in [7, 11) is 1.31. The van der Waals surface area contributed by atoms with Gasteiger partial charge in [0, 0.05) is 12.0 Å². The molecule has 2 saturated carbocycles. The van der Waals surface area contributed by atoms with Crippen molar-refractivity contribution in [2.75, 3.05) is 13.7 Å². The first-order valence-electron chi connectivity index (χ1n) is 6.17. The summed E-state index contributed by atoms with van der Waals surface area (Å²) in [4.78, 5) is 24.8. The normalized spacial score (nSPS) is 42.6. The maximum atomic E-state index is 11.7. The second-order valence-corrected chi connectivity index (χ2v) is 5.52. The Kier molecular flexibility index (Phi) is 2.01. The number of ether oxygens (including phenoxy) is 1. The molecule has 1 amide bonds. The lowest BCUT2D eigenvalue weighted by atomic mass is 9.76. The summed E-state index contributed by atoms with van der Waals surface area (Å²) < 4.78 is 4.73. The highest BCUT2D eigenvalue weighted by atomic mass is 16.5. The number of carboxylic acid groups (broad SMARTS) is 1. The molecule has 94 valence electrons. The number of hydrogen-bond donors (Lipinski definition) is 1. The summed E-state index contributed by atoms with van der Waals surface area (Å²) in [6.45, 7) is 0.555. The molecule has 2 aliphatic carbocycles. The highest BCUT2D eigenvalue weighted by molar-refractivity contribution is 5.91. The van der Waals surface area contributed by atoms with Crippen molar-refractivity contribution in [2.24, 2.45) is 11.3 Å². The Hall–Kier alpha value is -1.26. The van der Waals surface area contributed by atoms with E-state index in [-0.39, 0.29) is 5.41 Å². The molecule has 3 atom stereocenters. The molecule has 1 aliphatic heterocycles. The first-order valence-corrected chi connectivity index (χ1v) is 6.17. The number of piperidine rings is 1. The van der Waals surface area contributed by atoms with Gasteiger partial charge in [-0.1, -0.05) is 12.8 Å². The van der Waals surface area contributed by atoms with Gasteiger partial charge in [-0.05, 0) is 25.2 Å². The summed E-state index contributed by atoms with van der Waals surface area (Å²) >= 11 is 0. The molecule has 1 N–H and O–H groups in total. The molecule has 17 heavy (non-hydrogen) atoms. The molecule has 0 aromatic carbocycles. The van der Waals surface area contributed by atoms with Gasteiger partial charge < -0.3 is 9.84 Å². The first-order chi connectivity index (χ1) is 8.08. The van der Waals surface area contributed by atoms with Gasteiger partial charge in [-0.2, -0.15) is 0 Å². The fourth-order valence-electron chi connectivity index (χ4n) is 4.25. The molecule has 0 radical (unpaired) electrons. The van der Waals surface area contributed by atoms with Crippen LogP contribution in [-0.4, -0.2) is 41.3 Å². The van der Waals surface area contributed by atoms with E-state index in [0.29, 0.717) is 18.9 Å². The third-order valence-corrected chi connectivity index (χ3v) is 5.09. The Bertz CT molecular complexity index is 394. The lowest BCUT2D eigenvalue weighted by molar-refractivity contribution is -0.144. The molecular formula is C12H17NO4. The fourth-order valence-corrected chi connectivity index (χ4v) is 4.25. The van der Waals surface area contributed by atoms with Crippen LogP contribution in [0.25, 0.3) is 0 Å². The molecule has 0 unspecified atom stereocenters. The van der Waals surface area contributed by atoms with Crippen LogP contribution in [0, 0.1) is 11.3 Å². The predicted molar refractivity (Wildman–Crippen MR) is 58.5 cm³/mol. The maximum absolute atomic E-state index is 11.7. The van der Waals surface area contributed by atoms with Crippen LogP contribution in [-0.2, 0) is 9.53 Å². The smallest absolute Gasteiger partial charge is 0.410 e. The lowest BCUT2D eigenvalue weighted by Gasteiger charge is -2.27. The van der Waals surface area contributed by atoms with Crippen molar-refractivity contribution >= 4 is 12.1 Å². The van der Waals surface area contributed by atoms with Crippen LogP contribution in [0.2, 0.25) is 0 Å². The molecule has 5 heteroatoms. The van der Waals surface area contributed by atoms with Crippen molar-refractivity contribution in [1.29, 1.82) is 0 Å². The van der Waals surface area contributed by atoms with Crippen LogP contribution in [0.3, 0.4) is 0 Å². The van der Waals surface area contributed by atoms with Crippen LogP contribution in [0.1, 0.15) is 32.1 Å². The molecule has 3 fully saturated rings. The summed E-state index contributed by atoms with van der Waals surface area (Å²) in [5.74, 6) is -0.501. The molecule has 1 saturated heterocycles. The number of nitrogens with zero attached hydrogens (tertiary/aromatic N) is 1. The van der Waals surface area contributed by atoms with Crippen LogP contribution in [0.15, 0.2) is 0 Å². The summed E-state index contributed by atoms with van der Waals surface area (Å²) in [6.07, 6.45) is 4.35. The topological polar surface area (TPSA) is 66.8 Å². The van der Waals surface area contributed by atoms with Crippen molar-refractivity contribution in [3.63, 3.8) is 0 Å². The number of carbonyl (C=O) groups is 2. The second-order valence-electron chi connectivity index (χ2n) is 5.52. The number of aliphatic carboxylic acids is 1. The zero-order chi connectivity index (χ0) is 12.3. The van der Waals surface area contributed by atoms with E-state index in [1.165, 1.54) is 12.0 Å². The number of carboxylic acids is 1. The van der Waals surface area contributed by atoms with E-state index in [1.807, 2.05) is 0 Å². The number of hydrogen-bond acceptors (Lipinski definition) is 3. The van der Waals surface area contributed by atoms with E-state index in [2.05, 4.69) is 0 Å². The van der Waals surface area contributed by atoms with Gasteiger partial charge in [0.15, 0.2) is 0 Å². The zero-order valence-corrected chi connectivity index (χ0v) is 9.94. The number of methoxy groups -OCH3 is 1. The monoisotopic (exact) mass is 239 g/mol. The Morgan fingerprint density at radius 2 is 2.18 bits per heavy atom. The molecular weight excluding hydrogens is 222 g/mol. The number of amides is 1. The molecule has 3 rings (SSSR count). The second kappa shape index (κ2) is 3.15. The minimum atomic E-state index is -0.953. The van der Waals surface area contributed by atoms with Gasteiger partial charge in [0.05, 0.1) is 7.11 Å². The van der Waals surface area contributed by atoms with Crippen molar-refractivity contribution in [3.8, 4) is 0 Å². The SMILES string of the molecule is COC(=O)N1C[C@@H]2CCCC[C@@]23C[C@@]13C(=O)O. The molecule has 1 spiro atoms. The van der Waals surface area contributed by atoms with E-state index in [4.69, 9.17) is 4.74 Å². The molecule has 3 aliphatic rings. The lowest BCUT2D eigenvalue weighted by Crippen LogP contribution is -2.46. The van der Waals surface area contributed by atoms with E-state index in [9.17, 15) is 14.7 Å². The van der Waals surface area contributed by atoms with Crippen molar-refractivity contribution in [2.45, 2.75) is 37.6 Å². The van der Waals surface area contributed by atoms with Gasteiger partial charge >= 0.3 is 12.1 Å². The molecule has 5 nitrogen and oxygen atoms in total. The standard InChI is InChI=1S/C12H17NO4/c1-17-10(16)13-6-8-4-2-3-5-11(8)7-12(11,13)9(14)15/h8H,2-7H2,1H3,(H,14,15)/t8-,11+,12-/m0/s1. The van der Waals surface area contributed by atoms with Crippen molar-refractivity contribution < 1.29 is 19.4 Å². The van der Waals surface area contributed by atoms with Gasteiger partial charge in [0.25, 0.3) is 0 Å². The Balaban J connectivity index is 1.98. The van der Waals surface area contributed by atoms with E-state index in [0.717, 1.165) is 25.7 Å². The predicted octanol–water partition coefficient (Wildman–Crippen LogP) is 1.47. The van der Waals surface area contributed by atoms with Crippen LogP contribution >= 0.6 is 0 Å². The fraction of sp³-hybridized carbons (Fsp3) is 0.833. The summed E-state index contributed by atoms with van der Waals surface area (Å²) in [5, 5.41) is 9.51. The zero-order valence-electron chi connectivity index (χ0n) is 9.94. The highest BCUT2D eigenvalue weighted by Gasteiger charge is 2.82. The highest BCUT2D eigenvalue weighted by Crippen LogP contribution is 2.73. The van der Waals surface area contributed by atoms with Crippen LogP contribution in [0.4, 0.5) is 4.79 Å². The van der Waals surface area contributed by atoms with Crippen LogP contribution in [0.5, 0.6) is 0 Å². The summed E-state index contributed by atoms with van der Waals surface area (Å²) in [5.41, 5.74) is -1.10.